The van der Waals surface area contributed by atoms with Gasteiger partial charge in [0.1, 0.15) is 0 Å². The van der Waals surface area contributed by atoms with E-state index in [1.165, 1.54) is 11.1 Å². The molecule has 0 aliphatic heterocycles. The number of carbonyl (C=O) groups excluding carboxylic acids is 1. The number of likely N-dealkylation sites (N-methyl/N-ethyl adjacent to an activating group) is 1. The van der Waals surface area contributed by atoms with Crippen LogP contribution in [-0.2, 0) is 17.6 Å². The molecule has 0 unspecified atom stereocenters. The highest BCUT2D eigenvalue weighted by molar-refractivity contribution is 5.49. The zero-order chi connectivity index (χ0) is 9.97. The number of carbonyl (C=O) groups is 1. The number of benzene rings is 1. The van der Waals surface area contributed by atoms with Crippen molar-refractivity contribution in [1.82, 2.24) is 4.90 Å². The van der Waals surface area contributed by atoms with Crippen LogP contribution in [0.3, 0.4) is 0 Å². The SMILES string of the molecule is CCN(C=O)C1Cc2ccccc2C1. The van der Waals surface area contributed by atoms with E-state index in [9.17, 15) is 4.79 Å². The lowest BCUT2D eigenvalue weighted by Gasteiger charge is -2.22. The third-order valence-corrected chi connectivity index (χ3v) is 3.00. The number of nitrogens with zero attached hydrogens (tertiary/aromatic N) is 1. The molecule has 0 saturated carbocycles. The molecule has 0 bridgehead atoms. The maximum Gasteiger partial charge on any atom is 0.209 e. The van der Waals surface area contributed by atoms with Crippen LogP contribution in [-0.4, -0.2) is 23.9 Å². The monoisotopic (exact) mass is 189 g/mol. The van der Waals surface area contributed by atoms with Gasteiger partial charge in [-0.1, -0.05) is 24.3 Å². The maximum atomic E-state index is 10.8. The molecule has 74 valence electrons. The van der Waals surface area contributed by atoms with Gasteiger partial charge in [0, 0.05) is 12.6 Å². The minimum atomic E-state index is 0.384. The van der Waals surface area contributed by atoms with Gasteiger partial charge in [-0.15, -0.1) is 0 Å². The zero-order valence-corrected chi connectivity index (χ0v) is 8.44. The first-order chi connectivity index (χ1) is 6.85. The summed E-state index contributed by atoms with van der Waals surface area (Å²) in [5.74, 6) is 0. The summed E-state index contributed by atoms with van der Waals surface area (Å²) in [6.45, 7) is 2.83. The first-order valence-corrected chi connectivity index (χ1v) is 5.13. The Balaban J connectivity index is 2.14. The first-order valence-electron chi connectivity index (χ1n) is 5.13. The molecule has 0 saturated heterocycles. The van der Waals surface area contributed by atoms with Gasteiger partial charge in [-0.25, -0.2) is 0 Å². The smallest absolute Gasteiger partial charge is 0.209 e. The average Bonchev–Trinajstić information content (AvgIpc) is 2.63. The maximum absolute atomic E-state index is 10.8. The Labute approximate surface area is 84.5 Å². The summed E-state index contributed by atoms with van der Waals surface area (Å²) in [4.78, 5) is 12.7. The molecule has 1 aliphatic rings. The third-order valence-electron chi connectivity index (χ3n) is 3.00. The molecule has 1 amide bonds. The van der Waals surface area contributed by atoms with Crippen molar-refractivity contribution < 1.29 is 4.79 Å². The second kappa shape index (κ2) is 3.82. The summed E-state index contributed by atoms with van der Waals surface area (Å²) in [7, 11) is 0. The molecule has 14 heavy (non-hydrogen) atoms. The van der Waals surface area contributed by atoms with Gasteiger partial charge in [0.2, 0.25) is 6.41 Å². The Bertz CT molecular complexity index is 310. The van der Waals surface area contributed by atoms with Crippen LogP contribution in [0.4, 0.5) is 0 Å². The van der Waals surface area contributed by atoms with Gasteiger partial charge in [0.05, 0.1) is 0 Å². The molecule has 0 spiro atoms. The number of hydrogen-bond acceptors (Lipinski definition) is 1. The molecule has 2 rings (SSSR count). The largest absolute Gasteiger partial charge is 0.342 e. The van der Waals surface area contributed by atoms with Crippen LogP contribution in [0.25, 0.3) is 0 Å². The van der Waals surface area contributed by atoms with E-state index in [2.05, 4.69) is 24.3 Å². The molecule has 0 heterocycles. The van der Waals surface area contributed by atoms with Gasteiger partial charge in [-0.05, 0) is 30.9 Å². The standard InChI is InChI=1S/C12H15NO/c1-2-13(9-14)12-7-10-5-3-4-6-11(10)8-12/h3-6,9,12H,2,7-8H2,1H3. The second-order valence-corrected chi connectivity index (χ2v) is 3.77. The quantitative estimate of drug-likeness (QED) is 0.662. The molecule has 1 aromatic carbocycles. The highest BCUT2D eigenvalue weighted by atomic mass is 16.1. The van der Waals surface area contributed by atoms with Gasteiger partial charge in [-0.2, -0.15) is 0 Å². The van der Waals surface area contributed by atoms with Crippen molar-refractivity contribution in [2.75, 3.05) is 6.54 Å². The minimum Gasteiger partial charge on any atom is -0.342 e. The van der Waals surface area contributed by atoms with Gasteiger partial charge < -0.3 is 4.90 Å². The number of hydrogen-bond donors (Lipinski definition) is 0. The molecule has 1 aliphatic carbocycles. The van der Waals surface area contributed by atoms with Crippen molar-refractivity contribution in [3.63, 3.8) is 0 Å². The molecule has 0 fully saturated rings. The lowest BCUT2D eigenvalue weighted by atomic mass is 10.1. The Hall–Kier alpha value is -1.31. The topological polar surface area (TPSA) is 20.3 Å². The van der Waals surface area contributed by atoms with Crippen LogP contribution >= 0.6 is 0 Å². The Morgan fingerprint density at radius 1 is 1.36 bits per heavy atom. The van der Waals surface area contributed by atoms with Crippen molar-refractivity contribution in [2.24, 2.45) is 0 Å². The van der Waals surface area contributed by atoms with Gasteiger partial charge >= 0.3 is 0 Å². The summed E-state index contributed by atoms with van der Waals surface area (Å²) in [5, 5.41) is 0. The van der Waals surface area contributed by atoms with Gasteiger partial charge in [0.25, 0.3) is 0 Å². The van der Waals surface area contributed by atoms with E-state index in [0.29, 0.717) is 6.04 Å². The van der Waals surface area contributed by atoms with Crippen LogP contribution in [0.5, 0.6) is 0 Å². The second-order valence-electron chi connectivity index (χ2n) is 3.77. The molecule has 2 nitrogen and oxygen atoms in total. The van der Waals surface area contributed by atoms with Crippen molar-refractivity contribution in [3.8, 4) is 0 Å². The lowest BCUT2D eigenvalue weighted by Crippen LogP contribution is -2.34. The first kappa shape index (κ1) is 9.25. The summed E-state index contributed by atoms with van der Waals surface area (Å²) in [6, 6.07) is 8.84. The van der Waals surface area contributed by atoms with Gasteiger partial charge in [0.15, 0.2) is 0 Å². The van der Waals surface area contributed by atoms with Crippen LogP contribution in [0.1, 0.15) is 18.1 Å². The van der Waals surface area contributed by atoms with Crippen LogP contribution in [0.2, 0.25) is 0 Å². The molecular weight excluding hydrogens is 174 g/mol. The predicted octanol–water partition coefficient (Wildman–Crippen LogP) is 1.63. The Kier molecular flexibility index (Phi) is 2.53. The van der Waals surface area contributed by atoms with Gasteiger partial charge in [-0.3, -0.25) is 4.79 Å². The summed E-state index contributed by atoms with van der Waals surface area (Å²) < 4.78 is 0. The van der Waals surface area contributed by atoms with E-state index in [-0.39, 0.29) is 0 Å². The van der Waals surface area contributed by atoms with Crippen LogP contribution in [0, 0.1) is 0 Å². The number of fused-ring (bicyclic) bond motifs is 1. The predicted molar refractivity (Wildman–Crippen MR) is 56.1 cm³/mol. The lowest BCUT2D eigenvalue weighted by molar-refractivity contribution is -0.119. The van der Waals surface area contributed by atoms with Crippen LogP contribution < -0.4 is 0 Å². The van der Waals surface area contributed by atoms with Crippen molar-refractivity contribution in [1.29, 1.82) is 0 Å². The fourth-order valence-corrected chi connectivity index (χ4v) is 2.19. The van der Waals surface area contributed by atoms with E-state index in [4.69, 9.17) is 0 Å². The summed E-state index contributed by atoms with van der Waals surface area (Å²) in [6.07, 6.45) is 3.00. The molecule has 0 N–H and O–H groups in total. The highest BCUT2D eigenvalue weighted by Crippen LogP contribution is 2.24. The van der Waals surface area contributed by atoms with Crippen LogP contribution in [0.15, 0.2) is 24.3 Å². The van der Waals surface area contributed by atoms with Crippen molar-refractivity contribution in [3.05, 3.63) is 35.4 Å². The Morgan fingerprint density at radius 3 is 2.36 bits per heavy atom. The van der Waals surface area contributed by atoms with E-state index in [1.807, 2.05) is 11.8 Å². The minimum absolute atomic E-state index is 0.384. The molecule has 2 heteroatoms. The van der Waals surface area contributed by atoms with Crippen molar-refractivity contribution >= 4 is 6.41 Å². The normalized spacial score (nSPS) is 15.2. The molecule has 0 aromatic heterocycles. The average molecular weight is 189 g/mol. The van der Waals surface area contributed by atoms with Crippen molar-refractivity contribution in [2.45, 2.75) is 25.8 Å². The Morgan fingerprint density at radius 2 is 1.93 bits per heavy atom. The molecule has 0 radical (unpaired) electrons. The third kappa shape index (κ3) is 1.52. The van der Waals surface area contributed by atoms with E-state index < -0.39 is 0 Å². The number of rotatable bonds is 3. The fraction of sp³-hybridized carbons (Fsp3) is 0.417. The zero-order valence-electron chi connectivity index (χ0n) is 8.44. The summed E-state index contributed by atoms with van der Waals surface area (Å²) in [5.41, 5.74) is 2.80. The molecule has 1 aromatic rings. The molecular formula is C12H15NO. The van der Waals surface area contributed by atoms with E-state index in [0.717, 1.165) is 25.8 Å². The number of amides is 1. The van der Waals surface area contributed by atoms with E-state index >= 15 is 0 Å². The molecule has 0 atom stereocenters. The van der Waals surface area contributed by atoms with E-state index in [1.54, 1.807) is 0 Å². The summed E-state index contributed by atoms with van der Waals surface area (Å²) >= 11 is 0. The fourth-order valence-electron chi connectivity index (χ4n) is 2.19. The highest BCUT2D eigenvalue weighted by Gasteiger charge is 2.24.